The van der Waals surface area contributed by atoms with Crippen LogP contribution in [0.4, 0.5) is 0 Å². The van der Waals surface area contributed by atoms with E-state index in [1.807, 2.05) is 0 Å². The van der Waals surface area contributed by atoms with Gasteiger partial charge in [-0.1, -0.05) is 27.4 Å². The molecule has 0 spiro atoms. The lowest BCUT2D eigenvalue weighted by Gasteiger charge is -2.28. The molecule has 0 aromatic heterocycles. The second-order valence-electron chi connectivity index (χ2n) is 3.35. The van der Waals surface area contributed by atoms with Crippen LogP contribution in [0, 0.1) is 0 Å². The molecule has 0 amide bonds. The van der Waals surface area contributed by atoms with Crippen molar-refractivity contribution in [3.05, 3.63) is 24.7 Å². The molecular formula is C11H22O2Si. The van der Waals surface area contributed by atoms with E-state index in [0.717, 1.165) is 23.9 Å². The molecule has 82 valence electrons. The Labute approximate surface area is 88.7 Å². The van der Waals surface area contributed by atoms with Crippen molar-refractivity contribution < 1.29 is 9.16 Å². The Morgan fingerprint density at radius 1 is 1.21 bits per heavy atom. The van der Waals surface area contributed by atoms with Crippen molar-refractivity contribution in [1.82, 2.24) is 0 Å². The maximum Gasteiger partial charge on any atom is 0.250 e. The number of allylic oxidation sites excluding steroid dienone is 1. The van der Waals surface area contributed by atoms with Crippen molar-refractivity contribution >= 4 is 8.32 Å². The van der Waals surface area contributed by atoms with Gasteiger partial charge in [0, 0.05) is 6.08 Å². The number of hydrogen-bond donors (Lipinski definition) is 0. The van der Waals surface area contributed by atoms with E-state index in [-0.39, 0.29) is 0 Å². The molecule has 0 aliphatic heterocycles. The van der Waals surface area contributed by atoms with E-state index in [4.69, 9.17) is 9.16 Å². The molecule has 0 bridgehead atoms. The number of rotatable bonds is 7. The second-order valence-corrected chi connectivity index (χ2v) is 8.04. The molecule has 3 heteroatoms. The summed E-state index contributed by atoms with van der Waals surface area (Å²) in [6.07, 6.45) is 3.38. The van der Waals surface area contributed by atoms with E-state index in [0.29, 0.717) is 0 Å². The number of methoxy groups -OCH3 is 1. The Hall–Kier alpha value is -0.703. The molecule has 0 rings (SSSR count). The van der Waals surface area contributed by atoms with Crippen molar-refractivity contribution in [2.75, 3.05) is 7.11 Å². The summed E-state index contributed by atoms with van der Waals surface area (Å²) in [5.74, 6) is 0.726. The van der Waals surface area contributed by atoms with Gasteiger partial charge >= 0.3 is 0 Å². The van der Waals surface area contributed by atoms with Crippen LogP contribution in [-0.4, -0.2) is 15.4 Å². The maximum atomic E-state index is 5.97. The van der Waals surface area contributed by atoms with Crippen molar-refractivity contribution in [3.63, 3.8) is 0 Å². The summed E-state index contributed by atoms with van der Waals surface area (Å²) in [6.45, 7) is 10.5. The van der Waals surface area contributed by atoms with Crippen LogP contribution in [0.3, 0.4) is 0 Å². The van der Waals surface area contributed by atoms with Crippen LogP contribution in [-0.2, 0) is 9.16 Å². The van der Waals surface area contributed by atoms with E-state index in [1.54, 1.807) is 19.4 Å². The minimum atomic E-state index is -1.54. The summed E-state index contributed by atoms with van der Waals surface area (Å²) >= 11 is 0. The van der Waals surface area contributed by atoms with Crippen molar-refractivity contribution in [3.8, 4) is 0 Å². The zero-order chi connectivity index (χ0) is 11.0. The molecule has 0 saturated carbocycles. The third kappa shape index (κ3) is 4.00. The van der Waals surface area contributed by atoms with Crippen molar-refractivity contribution in [2.45, 2.75) is 38.9 Å². The summed E-state index contributed by atoms with van der Waals surface area (Å²) in [7, 11) is 0.0822. The summed E-state index contributed by atoms with van der Waals surface area (Å²) in [6, 6.07) is 3.42. The van der Waals surface area contributed by atoms with E-state index < -0.39 is 8.32 Å². The molecule has 0 radical (unpaired) electrons. The van der Waals surface area contributed by atoms with Gasteiger partial charge in [0.15, 0.2) is 0 Å². The third-order valence-electron chi connectivity index (χ3n) is 2.67. The fraction of sp³-hybridized carbons (Fsp3) is 0.636. The zero-order valence-electron chi connectivity index (χ0n) is 9.80. The first-order chi connectivity index (χ1) is 6.64. The lowest BCUT2D eigenvalue weighted by atomic mass is 10.5. The quantitative estimate of drug-likeness (QED) is 0.365. The van der Waals surface area contributed by atoms with Gasteiger partial charge in [-0.25, -0.2) is 0 Å². The Morgan fingerprint density at radius 3 is 2.07 bits per heavy atom. The van der Waals surface area contributed by atoms with Gasteiger partial charge in [-0.05, 0) is 18.1 Å². The number of hydrogen-bond acceptors (Lipinski definition) is 2. The Kier molecular flexibility index (Phi) is 6.37. The molecule has 0 aliphatic carbocycles. The predicted octanol–water partition coefficient (Wildman–Crippen LogP) is 3.68. The minimum absolute atomic E-state index is 0.726. The van der Waals surface area contributed by atoms with Gasteiger partial charge in [0.05, 0.1) is 19.1 Å². The second kappa shape index (κ2) is 6.71. The van der Waals surface area contributed by atoms with Crippen molar-refractivity contribution in [1.29, 1.82) is 0 Å². The fourth-order valence-electron chi connectivity index (χ4n) is 1.42. The van der Waals surface area contributed by atoms with Gasteiger partial charge in [0.1, 0.15) is 0 Å². The van der Waals surface area contributed by atoms with E-state index in [9.17, 15) is 0 Å². The number of ether oxygens (including phenoxy) is 1. The lowest BCUT2D eigenvalue weighted by Crippen LogP contribution is -2.34. The van der Waals surface area contributed by atoms with E-state index in [2.05, 4.69) is 27.4 Å². The Morgan fingerprint density at radius 2 is 1.71 bits per heavy atom. The highest BCUT2D eigenvalue weighted by atomic mass is 28.4. The summed E-state index contributed by atoms with van der Waals surface area (Å²) in [5.41, 5.74) is 0. The van der Waals surface area contributed by atoms with Gasteiger partial charge in [0.2, 0.25) is 8.32 Å². The normalized spacial score (nSPS) is 11.7. The van der Waals surface area contributed by atoms with Crippen LogP contribution in [0.15, 0.2) is 24.7 Å². The fourth-order valence-corrected chi connectivity index (χ4v) is 3.98. The van der Waals surface area contributed by atoms with Crippen molar-refractivity contribution in [2.24, 2.45) is 0 Å². The zero-order valence-corrected chi connectivity index (χ0v) is 10.8. The average Bonchev–Trinajstić information content (AvgIpc) is 2.23. The van der Waals surface area contributed by atoms with Gasteiger partial charge in [-0.2, -0.15) is 0 Å². The van der Waals surface area contributed by atoms with Crippen LogP contribution in [0.2, 0.25) is 18.1 Å². The summed E-state index contributed by atoms with van der Waals surface area (Å²) < 4.78 is 10.8. The third-order valence-corrected chi connectivity index (χ3v) is 7.23. The molecule has 14 heavy (non-hydrogen) atoms. The molecule has 0 atom stereocenters. The average molecular weight is 214 g/mol. The molecule has 0 unspecified atom stereocenters. The van der Waals surface area contributed by atoms with E-state index in [1.165, 1.54) is 0 Å². The standard InChI is InChI=1S/C11H22O2Si/c1-6-14(7-2,8-3)13-11(4)9-10-12-5/h9-10H,4,6-8H2,1-3,5H3. The first-order valence-electron chi connectivity index (χ1n) is 5.21. The molecule has 0 aliphatic rings. The van der Waals surface area contributed by atoms with Gasteiger partial charge in [-0.3, -0.25) is 0 Å². The van der Waals surface area contributed by atoms with Crippen LogP contribution < -0.4 is 0 Å². The Balaban J connectivity index is 4.29. The molecule has 0 aromatic carbocycles. The maximum absolute atomic E-state index is 5.97. The molecule has 0 N–H and O–H groups in total. The topological polar surface area (TPSA) is 18.5 Å². The molecule has 0 fully saturated rings. The summed E-state index contributed by atoms with van der Waals surface area (Å²) in [4.78, 5) is 0. The van der Waals surface area contributed by atoms with Gasteiger partial charge in [-0.15, -0.1) is 0 Å². The molecular weight excluding hydrogens is 192 g/mol. The highest BCUT2D eigenvalue weighted by Crippen LogP contribution is 2.24. The van der Waals surface area contributed by atoms with Crippen LogP contribution >= 0.6 is 0 Å². The SMILES string of the molecule is C=C(C=COC)O[Si](CC)(CC)CC. The molecule has 0 aromatic rings. The lowest BCUT2D eigenvalue weighted by molar-refractivity contribution is 0.333. The van der Waals surface area contributed by atoms with Crippen LogP contribution in [0.1, 0.15) is 20.8 Å². The molecule has 0 saturated heterocycles. The molecule has 0 heterocycles. The summed E-state index contributed by atoms with van der Waals surface area (Å²) in [5, 5.41) is 0. The first-order valence-corrected chi connectivity index (χ1v) is 7.74. The largest absolute Gasteiger partial charge is 0.544 e. The minimum Gasteiger partial charge on any atom is -0.544 e. The first kappa shape index (κ1) is 13.3. The Bertz CT molecular complexity index is 187. The van der Waals surface area contributed by atoms with Crippen LogP contribution in [0.5, 0.6) is 0 Å². The highest BCUT2D eigenvalue weighted by Gasteiger charge is 2.30. The van der Waals surface area contributed by atoms with Gasteiger partial charge < -0.3 is 9.16 Å². The molecule has 2 nitrogen and oxygen atoms in total. The van der Waals surface area contributed by atoms with Crippen LogP contribution in [0.25, 0.3) is 0 Å². The van der Waals surface area contributed by atoms with E-state index >= 15 is 0 Å². The highest BCUT2D eigenvalue weighted by molar-refractivity contribution is 6.73. The predicted molar refractivity (Wildman–Crippen MR) is 63.6 cm³/mol. The smallest absolute Gasteiger partial charge is 0.250 e. The van der Waals surface area contributed by atoms with Gasteiger partial charge in [0.25, 0.3) is 0 Å². The monoisotopic (exact) mass is 214 g/mol.